The number of amides is 1. The third kappa shape index (κ3) is 1.04. The number of nitrogens with one attached hydrogen (secondary N) is 1. The topological polar surface area (TPSA) is 58.5 Å². The summed E-state index contributed by atoms with van der Waals surface area (Å²) in [6.07, 6.45) is 0. The van der Waals surface area contributed by atoms with E-state index in [1.165, 1.54) is 0 Å². The van der Waals surface area contributed by atoms with Gasteiger partial charge in [-0.25, -0.2) is 0 Å². The van der Waals surface area contributed by atoms with Crippen LogP contribution in [0.3, 0.4) is 0 Å². The van der Waals surface area contributed by atoms with Crippen LogP contribution >= 0.6 is 0 Å². The summed E-state index contributed by atoms with van der Waals surface area (Å²) < 4.78 is 0. The summed E-state index contributed by atoms with van der Waals surface area (Å²) in [5, 5.41) is 5.61. The zero-order valence-corrected chi connectivity index (χ0v) is 8.00. The van der Waals surface area contributed by atoms with Crippen LogP contribution in [0.1, 0.15) is 19.4 Å². The molecule has 1 heterocycles. The molecule has 0 fully saturated rings. The number of fused-ring (bicyclic) bond motifs is 1. The standard InChI is InChI=1S/C10H10N2O2/c1-10(2)7-5-6(12-14)3-4-8(7)11-9(10)13/h3-5H,1-2H3,(H,11,13). The molecular weight excluding hydrogens is 180 g/mol. The predicted octanol–water partition coefficient (Wildman–Crippen LogP) is 2.31. The number of carbonyl (C=O) groups excluding carboxylic acids is 1. The Hall–Kier alpha value is -1.71. The van der Waals surface area contributed by atoms with Crippen molar-refractivity contribution in [1.29, 1.82) is 0 Å². The van der Waals surface area contributed by atoms with Crippen LogP contribution in [0.4, 0.5) is 11.4 Å². The van der Waals surface area contributed by atoms with Crippen molar-refractivity contribution in [3.05, 3.63) is 28.7 Å². The summed E-state index contributed by atoms with van der Waals surface area (Å²) in [5.74, 6) is -0.0458. The van der Waals surface area contributed by atoms with E-state index in [1.54, 1.807) is 18.2 Å². The second-order valence-corrected chi connectivity index (χ2v) is 3.90. The third-order valence-electron chi connectivity index (χ3n) is 2.60. The van der Waals surface area contributed by atoms with Crippen LogP contribution < -0.4 is 5.32 Å². The average Bonchev–Trinajstić information content (AvgIpc) is 2.38. The van der Waals surface area contributed by atoms with Gasteiger partial charge in [0, 0.05) is 5.69 Å². The molecule has 1 aromatic carbocycles. The molecule has 4 heteroatoms. The molecule has 14 heavy (non-hydrogen) atoms. The summed E-state index contributed by atoms with van der Waals surface area (Å²) in [6, 6.07) is 4.95. The van der Waals surface area contributed by atoms with Gasteiger partial charge in [-0.15, -0.1) is 4.91 Å². The predicted molar refractivity (Wildman–Crippen MR) is 53.6 cm³/mol. The van der Waals surface area contributed by atoms with E-state index in [1.807, 2.05) is 13.8 Å². The SMILES string of the molecule is CC1(C)C(=O)Nc2ccc(N=O)cc21. The molecular formula is C10H10N2O2. The Labute approximate surface area is 81.3 Å². The fourth-order valence-corrected chi connectivity index (χ4v) is 1.62. The lowest BCUT2D eigenvalue weighted by Crippen LogP contribution is -2.26. The van der Waals surface area contributed by atoms with E-state index in [0.717, 1.165) is 11.3 Å². The molecule has 1 aliphatic rings. The molecule has 1 N–H and O–H groups in total. The number of nitroso groups, excluding NO2 is 1. The summed E-state index contributed by atoms with van der Waals surface area (Å²) in [4.78, 5) is 21.9. The number of carbonyl (C=O) groups is 1. The number of benzene rings is 1. The van der Waals surface area contributed by atoms with E-state index in [-0.39, 0.29) is 5.91 Å². The van der Waals surface area contributed by atoms with Crippen LogP contribution in [0.15, 0.2) is 23.4 Å². The van der Waals surface area contributed by atoms with Gasteiger partial charge in [-0.3, -0.25) is 4.79 Å². The molecule has 0 atom stereocenters. The molecule has 0 spiro atoms. The number of anilines is 1. The zero-order chi connectivity index (χ0) is 10.3. The highest BCUT2D eigenvalue weighted by molar-refractivity contribution is 6.05. The van der Waals surface area contributed by atoms with Gasteiger partial charge in [-0.1, -0.05) is 0 Å². The highest BCUT2D eigenvalue weighted by Crippen LogP contribution is 2.39. The molecule has 0 aromatic heterocycles. The Morgan fingerprint density at radius 3 is 2.71 bits per heavy atom. The lowest BCUT2D eigenvalue weighted by molar-refractivity contribution is -0.119. The molecule has 0 aliphatic carbocycles. The first-order chi connectivity index (χ1) is 6.55. The third-order valence-corrected chi connectivity index (χ3v) is 2.60. The Morgan fingerprint density at radius 1 is 1.36 bits per heavy atom. The molecule has 2 rings (SSSR count). The normalized spacial score (nSPS) is 17.4. The van der Waals surface area contributed by atoms with Crippen LogP contribution in [-0.2, 0) is 10.2 Å². The van der Waals surface area contributed by atoms with Gasteiger partial charge in [-0.2, -0.15) is 0 Å². The molecule has 0 bridgehead atoms. The molecule has 1 aromatic rings. The minimum atomic E-state index is -0.573. The van der Waals surface area contributed by atoms with Crippen molar-refractivity contribution in [2.24, 2.45) is 5.18 Å². The number of nitrogens with zero attached hydrogens (tertiary/aromatic N) is 1. The number of hydrogen-bond acceptors (Lipinski definition) is 3. The minimum absolute atomic E-state index is 0.0458. The summed E-state index contributed by atoms with van der Waals surface area (Å²) in [7, 11) is 0. The van der Waals surface area contributed by atoms with Crippen molar-refractivity contribution >= 4 is 17.3 Å². The van der Waals surface area contributed by atoms with E-state index in [9.17, 15) is 9.70 Å². The maximum Gasteiger partial charge on any atom is 0.234 e. The van der Waals surface area contributed by atoms with Gasteiger partial charge in [0.1, 0.15) is 5.69 Å². The largest absolute Gasteiger partial charge is 0.325 e. The number of rotatable bonds is 1. The van der Waals surface area contributed by atoms with Crippen molar-refractivity contribution in [2.75, 3.05) is 5.32 Å². The van der Waals surface area contributed by atoms with E-state index in [4.69, 9.17) is 0 Å². The maximum atomic E-state index is 11.5. The Kier molecular flexibility index (Phi) is 1.67. The molecule has 4 nitrogen and oxygen atoms in total. The van der Waals surface area contributed by atoms with Crippen molar-refractivity contribution in [3.63, 3.8) is 0 Å². The maximum absolute atomic E-state index is 11.5. The lowest BCUT2D eigenvalue weighted by atomic mass is 9.86. The molecule has 72 valence electrons. The van der Waals surface area contributed by atoms with Crippen LogP contribution in [0, 0.1) is 4.91 Å². The molecule has 1 aliphatic heterocycles. The summed E-state index contributed by atoms with van der Waals surface area (Å²) >= 11 is 0. The quantitative estimate of drug-likeness (QED) is 0.691. The van der Waals surface area contributed by atoms with Gasteiger partial charge in [-0.05, 0) is 42.8 Å². The van der Waals surface area contributed by atoms with Crippen LogP contribution in [0.25, 0.3) is 0 Å². The van der Waals surface area contributed by atoms with Gasteiger partial charge < -0.3 is 5.32 Å². The van der Waals surface area contributed by atoms with E-state index >= 15 is 0 Å². The highest BCUT2D eigenvalue weighted by atomic mass is 16.3. The summed E-state index contributed by atoms with van der Waals surface area (Å²) in [6.45, 7) is 3.64. The molecule has 1 amide bonds. The average molecular weight is 190 g/mol. The highest BCUT2D eigenvalue weighted by Gasteiger charge is 2.38. The van der Waals surface area contributed by atoms with Gasteiger partial charge in [0.15, 0.2) is 0 Å². The van der Waals surface area contributed by atoms with E-state index < -0.39 is 5.41 Å². The van der Waals surface area contributed by atoms with Crippen molar-refractivity contribution in [3.8, 4) is 0 Å². The van der Waals surface area contributed by atoms with E-state index in [2.05, 4.69) is 10.5 Å². The first kappa shape index (κ1) is 8.87. The summed E-state index contributed by atoms with van der Waals surface area (Å²) in [5.41, 5.74) is 1.39. The molecule has 0 saturated carbocycles. The smallest absolute Gasteiger partial charge is 0.234 e. The van der Waals surface area contributed by atoms with Gasteiger partial charge in [0.2, 0.25) is 5.91 Å². The van der Waals surface area contributed by atoms with Gasteiger partial charge in [0.05, 0.1) is 5.41 Å². The second-order valence-electron chi connectivity index (χ2n) is 3.90. The lowest BCUT2D eigenvalue weighted by Gasteiger charge is -2.14. The molecule has 0 unspecified atom stereocenters. The zero-order valence-electron chi connectivity index (χ0n) is 8.00. The fraction of sp³-hybridized carbons (Fsp3) is 0.300. The monoisotopic (exact) mass is 190 g/mol. The minimum Gasteiger partial charge on any atom is -0.325 e. The molecule has 0 saturated heterocycles. The Morgan fingerprint density at radius 2 is 2.07 bits per heavy atom. The Bertz CT molecular complexity index is 424. The first-order valence-corrected chi connectivity index (χ1v) is 4.35. The first-order valence-electron chi connectivity index (χ1n) is 4.35. The Balaban J connectivity index is 2.62. The van der Waals surface area contributed by atoms with Gasteiger partial charge >= 0.3 is 0 Å². The van der Waals surface area contributed by atoms with Crippen LogP contribution in [0.2, 0.25) is 0 Å². The van der Waals surface area contributed by atoms with Crippen LogP contribution in [-0.4, -0.2) is 5.91 Å². The van der Waals surface area contributed by atoms with Crippen molar-refractivity contribution in [1.82, 2.24) is 0 Å². The second kappa shape index (κ2) is 2.64. The molecule has 0 radical (unpaired) electrons. The van der Waals surface area contributed by atoms with Crippen LogP contribution in [0.5, 0.6) is 0 Å². The fourth-order valence-electron chi connectivity index (χ4n) is 1.62. The van der Waals surface area contributed by atoms with E-state index in [0.29, 0.717) is 5.69 Å². The number of hydrogen-bond donors (Lipinski definition) is 1. The van der Waals surface area contributed by atoms with Crippen molar-refractivity contribution < 1.29 is 4.79 Å². The van der Waals surface area contributed by atoms with Crippen molar-refractivity contribution in [2.45, 2.75) is 19.3 Å². The van der Waals surface area contributed by atoms with Gasteiger partial charge in [0.25, 0.3) is 0 Å².